The summed E-state index contributed by atoms with van der Waals surface area (Å²) in [6.07, 6.45) is 8.56. The van der Waals surface area contributed by atoms with Crippen LogP contribution < -0.4 is 5.32 Å². The van der Waals surface area contributed by atoms with E-state index in [4.69, 9.17) is 4.42 Å². The lowest BCUT2D eigenvalue weighted by atomic mass is 9.74. The van der Waals surface area contributed by atoms with E-state index in [-0.39, 0.29) is 22.6 Å². The first kappa shape index (κ1) is 20.2. The number of carbonyl (C=O) groups excluding carboxylic acids is 1. The van der Waals surface area contributed by atoms with E-state index in [1.807, 2.05) is 12.1 Å². The lowest BCUT2D eigenvalue weighted by Crippen LogP contribution is -2.25. The molecule has 0 spiro atoms. The third kappa shape index (κ3) is 3.62. The molecule has 0 saturated heterocycles. The van der Waals surface area contributed by atoms with Crippen molar-refractivity contribution in [3.8, 4) is 0 Å². The Morgan fingerprint density at radius 3 is 2.61 bits per heavy atom. The van der Waals surface area contributed by atoms with Gasteiger partial charge < -0.3 is 9.73 Å². The van der Waals surface area contributed by atoms with Gasteiger partial charge in [-0.2, -0.15) is 0 Å². The van der Waals surface area contributed by atoms with E-state index in [1.54, 1.807) is 13.0 Å². The van der Waals surface area contributed by atoms with E-state index in [1.165, 1.54) is 12.4 Å². The number of benzene rings is 1. The maximum Gasteiger partial charge on any atom is 0.232 e. The molecule has 2 aromatic heterocycles. The number of anilines is 1. The van der Waals surface area contributed by atoms with Crippen molar-refractivity contribution in [2.24, 2.45) is 0 Å². The molecule has 0 amide bonds. The fourth-order valence-electron chi connectivity index (χ4n) is 5.15. The van der Waals surface area contributed by atoms with E-state index in [9.17, 15) is 9.18 Å². The van der Waals surface area contributed by atoms with Crippen molar-refractivity contribution in [2.45, 2.75) is 76.2 Å². The van der Waals surface area contributed by atoms with Crippen molar-refractivity contribution >= 4 is 22.7 Å². The molecule has 5 rings (SSSR count). The van der Waals surface area contributed by atoms with Crippen molar-refractivity contribution in [2.75, 3.05) is 5.32 Å². The minimum atomic E-state index is -0.270. The van der Waals surface area contributed by atoms with Crippen LogP contribution in [-0.4, -0.2) is 21.3 Å². The average molecular weight is 422 g/mol. The molecule has 0 atom stereocenters. The molecule has 0 unspecified atom stereocenters. The first-order valence-corrected chi connectivity index (χ1v) is 11.2. The van der Waals surface area contributed by atoms with Crippen molar-refractivity contribution in [1.82, 2.24) is 9.97 Å². The number of nitrogens with one attached hydrogen (secondary N) is 1. The second-order valence-electron chi connectivity index (χ2n) is 9.51. The summed E-state index contributed by atoms with van der Waals surface area (Å²) in [7, 11) is 0. The third-order valence-corrected chi connectivity index (χ3v) is 7.20. The average Bonchev–Trinajstić information content (AvgIpc) is 3.14. The molecule has 0 aliphatic heterocycles. The lowest BCUT2D eigenvalue weighted by Gasteiger charge is -2.30. The van der Waals surface area contributed by atoms with E-state index < -0.39 is 0 Å². The molecule has 1 N–H and O–H groups in total. The van der Waals surface area contributed by atoms with Crippen molar-refractivity contribution < 1.29 is 13.6 Å². The highest BCUT2D eigenvalue weighted by molar-refractivity contribution is 6.11. The molecule has 5 nitrogen and oxygen atoms in total. The predicted octanol–water partition coefficient (Wildman–Crippen LogP) is 6.11. The molecule has 2 aliphatic rings. The number of rotatable bonds is 7. The van der Waals surface area contributed by atoms with Crippen molar-refractivity contribution in [3.63, 3.8) is 0 Å². The van der Waals surface area contributed by atoms with E-state index in [2.05, 4.69) is 22.2 Å². The van der Waals surface area contributed by atoms with Gasteiger partial charge in [0.1, 0.15) is 23.7 Å². The zero-order chi connectivity index (χ0) is 21.6. The molecule has 2 heterocycles. The summed E-state index contributed by atoms with van der Waals surface area (Å²) < 4.78 is 20.5. The summed E-state index contributed by atoms with van der Waals surface area (Å²) >= 11 is 0. The van der Waals surface area contributed by atoms with Gasteiger partial charge in [0.15, 0.2) is 5.78 Å². The number of ketones is 1. The molecule has 0 bridgehead atoms. The maximum atomic E-state index is 14.6. The minimum Gasteiger partial charge on any atom is -0.442 e. The van der Waals surface area contributed by atoms with Gasteiger partial charge >= 0.3 is 0 Å². The van der Waals surface area contributed by atoms with Crippen LogP contribution in [0.1, 0.15) is 80.0 Å². The lowest BCUT2D eigenvalue weighted by molar-refractivity contribution is 0.0969. The number of aromatic nitrogens is 2. The van der Waals surface area contributed by atoms with Gasteiger partial charge in [-0.15, -0.1) is 0 Å². The molecule has 0 radical (unpaired) electrons. The Morgan fingerprint density at radius 2 is 1.90 bits per heavy atom. The van der Waals surface area contributed by atoms with Gasteiger partial charge in [0.2, 0.25) is 5.71 Å². The molecule has 3 aromatic rings. The van der Waals surface area contributed by atoms with E-state index in [0.29, 0.717) is 41.1 Å². The normalized spacial score (nSPS) is 18.9. The number of fused-ring (bicyclic) bond motifs is 1. The molecular formula is C25H28FN3O2. The molecule has 1 aromatic carbocycles. The number of nitrogens with zero attached hydrogens (tertiary/aromatic N) is 2. The van der Waals surface area contributed by atoms with Gasteiger partial charge in [-0.3, -0.25) is 4.79 Å². The van der Waals surface area contributed by atoms with Gasteiger partial charge in [0.25, 0.3) is 0 Å². The van der Waals surface area contributed by atoms with Gasteiger partial charge in [-0.1, -0.05) is 31.0 Å². The molecule has 2 fully saturated rings. The van der Waals surface area contributed by atoms with Crippen LogP contribution in [0.5, 0.6) is 0 Å². The Kier molecular flexibility index (Phi) is 4.83. The monoisotopic (exact) mass is 421 g/mol. The number of Topliss-reactive ketones (excluding diaryl/α,β-unsaturated/α-hetero) is 1. The highest BCUT2D eigenvalue weighted by atomic mass is 19.1. The van der Waals surface area contributed by atoms with Crippen LogP contribution >= 0.6 is 0 Å². The quantitative estimate of drug-likeness (QED) is 0.466. The minimum absolute atomic E-state index is 0.0117. The van der Waals surface area contributed by atoms with E-state index >= 15 is 0 Å². The van der Waals surface area contributed by atoms with Gasteiger partial charge in [-0.05, 0) is 63.0 Å². The smallest absolute Gasteiger partial charge is 0.232 e. The topological polar surface area (TPSA) is 68.0 Å². The molecule has 162 valence electrons. The Balaban J connectivity index is 1.45. The molecule has 6 heteroatoms. The molecule has 2 aliphatic carbocycles. The molecule has 31 heavy (non-hydrogen) atoms. The Hall–Kier alpha value is -2.76. The fourth-order valence-corrected chi connectivity index (χ4v) is 5.15. The summed E-state index contributed by atoms with van der Waals surface area (Å²) in [5.74, 6) is 1.07. The van der Waals surface area contributed by atoms with Crippen LogP contribution in [0.15, 0.2) is 35.0 Å². The zero-order valence-corrected chi connectivity index (χ0v) is 18.1. The van der Waals surface area contributed by atoms with Crippen LogP contribution in [0.2, 0.25) is 0 Å². The number of hydrogen-bond acceptors (Lipinski definition) is 5. The van der Waals surface area contributed by atoms with Crippen LogP contribution in [0.25, 0.3) is 11.1 Å². The first-order chi connectivity index (χ1) is 14.9. The van der Waals surface area contributed by atoms with E-state index in [0.717, 1.165) is 44.1 Å². The Morgan fingerprint density at radius 1 is 1.16 bits per heavy atom. The van der Waals surface area contributed by atoms with Gasteiger partial charge in [-0.25, -0.2) is 14.4 Å². The number of hydrogen-bond donors (Lipinski definition) is 1. The van der Waals surface area contributed by atoms with Crippen LogP contribution in [-0.2, 0) is 5.41 Å². The SMILES string of the molecule is Cc1oc2ncnc(NC3(C)CC3)c2c1C(=O)CCC1(c2ccccc2F)CCCC1. The Bertz CT molecular complexity index is 1140. The number of furan rings is 1. The second kappa shape index (κ2) is 7.43. The summed E-state index contributed by atoms with van der Waals surface area (Å²) in [5.41, 5.74) is 1.50. The third-order valence-electron chi connectivity index (χ3n) is 7.20. The summed E-state index contributed by atoms with van der Waals surface area (Å²) in [6.45, 7) is 3.95. The molecular weight excluding hydrogens is 393 g/mol. The Labute approximate surface area is 181 Å². The summed E-state index contributed by atoms with van der Waals surface area (Å²) in [4.78, 5) is 22.1. The van der Waals surface area contributed by atoms with Crippen molar-refractivity contribution in [3.05, 3.63) is 53.3 Å². The highest BCUT2D eigenvalue weighted by Gasteiger charge is 2.40. The van der Waals surface area contributed by atoms with Crippen LogP contribution in [0, 0.1) is 12.7 Å². The second-order valence-corrected chi connectivity index (χ2v) is 9.51. The number of aryl methyl sites for hydroxylation is 1. The zero-order valence-electron chi connectivity index (χ0n) is 18.1. The standard InChI is InChI=1S/C25H28FN3O2/c1-16-20(21-22(29-24(2)13-14-24)27-15-28-23(21)31-16)19(30)9-12-25(10-5-6-11-25)17-7-3-4-8-18(17)26/h3-4,7-8,15H,5-6,9-14H2,1-2H3,(H,27,28,29). The highest BCUT2D eigenvalue weighted by Crippen LogP contribution is 2.46. The van der Waals surface area contributed by atoms with Crippen LogP contribution in [0.3, 0.4) is 0 Å². The summed E-state index contributed by atoms with van der Waals surface area (Å²) in [6, 6.07) is 7.03. The predicted molar refractivity (Wildman–Crippen MR) is 118 cm³/mol. The fraction of sp³-hybridized carbons (Fsp3) is 0.480. The largest absolute Gasteiger partial charge is 0.442 e. The summed E-state index contributed by atoms with van der Waals surface area (Å²) in [5, 5.41) is 4.14. The molecule has 2 saturated carbocycles. The van der Waals surface area contributed by atoms with Gasteiger partial charge in [0, 0.05) is 12.0 Å². The van der Waals surface area contributed by atoms with Crippen molar-refractivity contribution in [1.29, 1.82) is 0 Å². The number of halogens is 1. The van der Waals surface area contributed by atoms with Crippen LogP contribution in [0.4, 0.5) is 10.2 Å². The van der Waals surface area contributed by atoms with Gasteiger partial charge in [0.05, 0.1) is 10.9 Å². The number of carbonyl (C=O) groups is 1. The first-order valence-electron chi connectivity index (χ1n) is 11.2. The maximum absolute atomic E-state index is 14.6.